The molecule has 2 heterocycles. The number of hydrogen-bond acceptors (Lipinski definition) is 7. The van der Waals surface area contributed by atoms with Crippen LogP contribution in [-0.4, -0.2) is 34.8 Å². The number of hydrogen-bond donors (Lipinski definition) is 2. The summed E-state index contributed by atoms with van der Waals surface area (Å²) in [6, 6.07) is 16.9. The van der Waals surface area contributed by atoms with Crippen molar-refractivity contribution in [2.75, 3.05) is 16.6 Å². The molecule has 0 fully saturated rings. The van der Waals surface area contributed by atoms with Crippen LogP contribution in [0.5, 0.6) is 5.75 Å². The molecule has 2 aromatic heterocycles. The largest absolute Gasteiger partial charge is 0.494 e. The van der Waals surface area contributed by atoms with E-state index in [0.29, 0.717) is 35.5 Å². The Kier molecular flexibility index (Phi) is 7.07. The van der Waals surface area contributed by atoms with Crippen LogP contribution in [0.15, 0.2) is 78.0 Å². The molecule has 0 aliphatic rings. The van der Waals surface area contributed by atoms with Crippen molar-refractivity contribution in [3.05, 3.63) is 78.9 Å². The molecule has 0 bridgehead atoms. The van der Waals surface area contributed by atoms with E-state index in [1.54, 1.807) is 66.5 Å². The highest BCUT2D eigenvalue weighted by molar-refractivity contribution is 7.92. The Labute approximate surface area is 198 Å². The standard InChI is InChI=1S/C24H26N6O3S/c1-3-4-16-33-21-10-12-22(13-11-21)34(31,32)29-20-8-6-19(7-9-20)28-23-17-24(27-18(2)26-23)30-15-5-14-25-30/h5-15,17,29H,3-4,16H2,1-2H3,(H,26,27,28). The molecule has 0 saturated heterocycles. The van der Waals surface area contributed by atoms with Gasteiger partial charge in [0.15, 0.2) is 5.82 Å². The molecule has 0 amide bonds. The van der Waals surface area contributed by atoms with Crippen molar-refractivity contribution in [2.45, 2.75) is 31.6 Å². The van der Waals surface area contributed by atoms with E-state index in [2.05, 4.69) is 32.0 Å². The first kappa shape index (κ1) is 23.2. The Balaban J connectivity index is 1.42. The monoisotopic (exact) mass is 478 g/mol. The van der Waals surface area contributed by atoms with E-state index in [1.165, 1.54) is 12.1 Å². The minimum Gasteiger partial charge on any atom is -0.494 e. The van der Waals surface area contributed by atoms with Crippen LogP contribution in [0.25, 0.3) is 5.82 Å². The summed E-state index contributed by atoms with van der Waals surface area (Å²) in [4.78, 5) is 8.96. The molecule has 34 heavy (non-hydrogen) atoms. The fourth-order valence-corrected chi connectivity index (χ4v) is 4.23. The molecule has 10 heteroatoms. The Morgan fingerprint density at radius 3 is 2.41 bits per heavy atom. The van der Waals surface area contributed by atoms with Crippen LogP contribution < -0.4 is 14.8 Å². The van der Waals surface area contributed by atoms with Crippen molar-refractivity contribution >= 4 is 27.2 Å². The van der Waals surface area contributed by atoms with Gasteiger partial charge in [-0.25, -0.2) is 23.1 Å². The number of aryl methyl sites for hydroxylation is 1. The van der Waals surface area contributed by atoms with Crippen LogP contribution in [-0.2, 0) is 10.0 Å². The first-order valence-corrected chi connectivity index (χ1v) is 12.4. The van der Waals surface area contributed by atoms with Gasteiger partial charge in [-0.05, 0) is 67.9 Å². The van der Waals surface area contributed by atoms with E-state index in [4.69, 9.17) is 4.74 Å². The van der Waals surface area contributed by atoms with E-state index in [0.717, 1.165) is 18.5 Å². The fraction of sp³-hybridized carbons (Fsp3) is 0.208. The van der Waals surface area contributed by atoms with Gasteiger partial charge in [0.1, 0.15) is 17.4 Å². The van der Waals surface area contributed by atoms with Crippen molar-refractivity contribution < 1.29 is 13.2 Å². The molecule has 0 aliphatic heterocycles. The summed E-state index contributed by atoms with van der Waals surface area (Å²) in [5, 5.41) is 7.41. The molecular weight excluding hydrogens is 452 g/mol. The summed E-state index contributed by atoms with van der Waals surface area (Å²) in [7, 11) is -3.72. The maximum Gasteiger partial charge on any atom is 0.261 e. The maximum absolute atomic E-state index is 12.7. The molecule has 4 rings (SSSR count). The van der Waals surface area contributed by atoms with Gasteiger partial charge in [0.25, 0.3) is 10.0 Å². The highest BCUT2D eigenvalue weighted by atomic mass is 32.2. The zero-order valence-corrected chi connectivity index (χ0v) is 19.8. The molecule has 9 nitrogen and oxygen atoms in total. The predicted molar refractivity (Wildman–Crippen MR) is 131 cm³/mol. The normalized spacial score (nSPS) is 11.2. The van der Waals surface area contributed by atoms with Crippen LogP contribution in [0.2, 0.25) is 0 Å². The summed E-state index contributed by atoms with van der Waals surface area (Å²) in [5.74, 6) is 2.50. The zero-order valence-electron chi connectivity index (χ0n) is 19.0. The number of unbranched alkanes of at least 4 members (excludes halogenated alkanes) is 1. The minimum atomic E-state index is -3.72. The van der Waals surface area contributed by atoms with Crippen LogP contribution in [0.1, 0.15) is 25.6 Å². The average Bonchev–Trinajstić information content (AvgIpc) is 3.36. The lowest BCUT2D eigenvalue weighted by Crippen LogP contribution is -2.13. The van der Waals surface area contributed by atoms with Crippen molar-refractivity contribution in [2.24, 2.45) is 0 Å². The predicted octanol–water partition coefficient (Wildman–Crippen LogP) is 4.69. The third kappa shape index (κ3) is 5.90. The van der Waals surface area contributed by atoms with Crippen molar-refractivity contribution in [3.8, 4) is 11.6 Å². The number of anilines is 3. The quantitative estimate of drug-likeness (QED) is 0.318. The summed E-state index contributed by atoms with van der Waals surface area (Å²) in [6.45, 7) is 4.50. The topological polar surface area (TPSA) is 111 Å². The van der Waals surface area contributed by atoms with E-state index < -0.39 is 10.0 Å². The second-order valence-corrected chi connectivity index (χ2v) is 9.27. The molecule has 0 spiro atoms. The zero-order chi connectivity index (χ0) is 24.0. The average molecular weight is 479 g/mol. The van der Waals surface area contributed by atoms with Gasteiger partial charge in [-0.2, -0.15) is 5.10 Å². The number of benzene rings is 2. The van der Waals surface area contributed by atoms with Gasteiger partial charge in [-0.15, -0.1) is 0 Å². The van der Waals surface area contributed by atoms with E-state index in [9.17, 15) is 8.42 Å². The first-order valence-electron chi connectivity index (χ1n) is 10.9. The second-order valence-electron chi connectivity index (χ2n) is 7.59. The highest BCUT2D eigenvalue weighted by Crippen LogP contribution is 2.22. The second kappa shape index (κ2) is 10.3. The number of ether oxygens (including phenoxy) is 1. The summed E-state index contributed by atoms with van der Waals surface area (Å²) >= 11 is 0. The van der Waals surface area contributed by atoms with Gasteiger partial charge < -0.3 is 10.1 Å². The van der Waals surface area contributed by atoms with Gasteiger partial charge in [0.2, 0.25) is 0 Å². The Bertz CT molecular complexity index is 1320. The van der Waals surface area contributed by atoms with Crippen molar-refractivity contribution in [1.29, 1.82) is 0 Å². The molecule has 0 saturated carbocycles. The van der Waals surface area contributed by atoms with Crippen LogP contribution in [0.3, 0.4) is 0 Å². The lowest BCUT2D eigenvalue weighted by Gasteiger charge is -2.11. The Morgan fingerprint density at radius 2 is 1.74 bits per heavy atom. The molecule has 2 N–H and O–H groups in total. The van der Waals surface area contributed by atoms with Gasteiger partial charge in [-0.3, -0.25) is 4.72 Å². The van der Waals surface area contributed by atoms with Crippen LogP contribution >= 0.6 is 0 Å². The molecule has 0 aliphatic carbocycles. The number of rotatable bonds is 10. The molecule has 4 aromatic rings. The lowest BCUT2D eigenvalue weighted by atomic mass is 10.3. The highest BCUT2D eigenvalue weighted by Gasteiger charge is 2.14. The fourth-order valence-electron chi connectivity index (χ4n) is 3.17. The number of sulfonamides is 1. The van der Waals surface area contributed by atoms with Crippen molar-refractivity contribution in [3.63, 3.8) is 0 Å². The molecular formula is C24H26N6O3S. The molecule has 0 unspecified atom stereocenters. The van der Waals surface area contributed by atoms with Crippen molar-refractivity contribution in [1.82, 2.24) is 19.7 Å². The molecule has 176 valence electrons. The summed E-state index contributed by atoms with van der Waals surface area (Å²) < 4.78 is 35.3. The number of nitrogens with zero attached hydrogens (tertiary/aromatic N) is 4. The Morgan fingerprint density at radius 1 is 1.00 bits per heavy atom. The van der Waals surface area contributed by atoms with E-state index in [1.807, 2.05) is 6.07 Å². The van der Waals surface area contributed by atoms with Crippen LogP contribution in [0.4, 0.5) is 17.2 Å². The van der Waals surface area contributed by atoms with Gasteiger partial charge in [0, 0.05) is 29.8 Å². The Hall–Kier alpha value is -3.92. The third-order valence-electron chi connectivity index (χ3n) is 4.87. The molecule has 0 radical (unpaired) electrons. The van der Waals surface area contributed by atoms with Gasteiger partial charge in [-0.1, -0.05) is 13.3 Å². The summed E-state index contributed by atoms with van der Waals surface area (Å²) in [6.07, 6.45) is 5.48. The molecule has 0 atom stereocenters. The maximum atomic E-state index is 12.7. The lowest BCUT2D eigenvalue weighted by molar-refractivity contribution is 0.309. The van der Waals surface area contributed by atoms with Gasteiger partial charge >= 0.3 is 0 Å². The smallest absolute Gasteiger partial charge is 0.261 e. The number of nitrogens with one attached hydrogen (secondary N) is 2. The van der Waals surface area contributed by atoms with E-state index >= 15 is 0 Å². The minimum absolute atomic E-state index is 0.167. The first-order chi connectivity index (χ1) is 16.4. The summed E-state index contributed by atoms with van der Waals surface area (Å²) in [5.41, 5.74) is 1.20. The SMILES string of the molecule is CCCCOc1ccc(S(=O)(=O)Nc2ccc(Nc3cc(-n4cccn4)nc(C)n3)cc2)cc1. The van der Waals surface area contributed by atoms with E-state index in [-0.39, 0.29) is 4.90 Å². The molecule has 2 aromatic carbocycles. The third-order valence-corrected chi connectivity index (χ3v) is 6.27. The van der Waals surface area contributed by atoms with Gasteiger partial charge in [0.05, 0.1) is 11.5 Å². The number of aromatic nitrogens is 4. The van der Waals surface area contributed by atoms with Crippen LogP contribution in [0, 0.1) is 6.92 Å².